The molecule has 0 saturated carbocycles. The minimum Gasteiger partial charge on any atom is -0.468 e. The van der Waals surface area contributed by atoms with Gasteiger partial charge in [-0.15, -0.1) is 0 Å². The average molecular weight is 377 g/mol. The van der Waals surface area contributed by atoms with E-state index in [2.05, 4.69) is 5.32 Å². The molecule has 148 valence electrons. The SMILES string of the molecule is CN1C(=O)N(C)C2(CCN(C(=O)NCC(c3ccco3)N(C)C)CC2)C1=O. The molecule has 3 rings (SSSR count). The summed E-state index contributed by atoms with van der Waals surface area (Å²) in [5, 5.41) is 2.95. The number of imide groups is 1. The van der Waals surface area contributed by atoms with Crippen LogP contribution in [0.2, 0.25) is 0 Å². The zero-order valence-corrected chi connectivity index (χ0v) is 16.3. The molecule has 1 aromatic heterocycles. The number of urea groups is 2. The quantitative estimate of drug-likeness (QED) is 0.789. The molecule has 1 N–H and O–H groups in total. The van der Waals surface area contributed by atoms with Gasteiger partial charge in [0.25, 0.3) is 5.91 Å². The number of carbonyl (C=O) groups is 3. The van der Waals surface area contributed by atoms with Crippen molar-refractivity contribution in [2.45, 2.75) is 24.4 Å². The van der Waals surface area contributed by atoms with Crippen molar-refractivity contribution >= 4 is 18.0 Å². The zero-order valence-electron chi connectivity index (χ0n) is 16.3. The summed E-state index contributed by atoms with van der Waals surface area (Å²) in [5.41, 5.74) is -0.817. The van der Waals surface area contributed by atoms with Gasteiger partial charge in [-0.1, -0.05) is 0 Å². The third kappa shape index (κ3) is 3.27. The van der Waals surface area contributed by atoms with Crippen LogP contribution >= 0.6 is 0 Å². The second kappa shape index (κ2) is 7.22. The Morgan fingerprint density at radius 1 is 1.30 bits per heavy atom. The average Bonchev–Trinajstić information content (AvgIpc) is 3.23. The van der Waals surface area contributed by atoms with Gasteiger partial charge in [0.15, 0.2) is 0 Å². The fourth-order valence-corrected chi connectivity index (χ4v) is 3.89. The maximum Gasteiger partial charge on any atom is 0.327 e. The maximum absolute atomic E-state index is 12.6. The molecule has 1 aromatic rings. The highest BCUT2D eigenvalue weighted by molar-refractivity contribution is 6.06. The van der Waals surface area contributed by atoms with Crippen LogP contribution in [0.1, 0.15) is 24.6 Å². The smallest absolute Gasteiger partial charge is 0.327 e. The molecule has 2 aliphatic rings. The Labute approximate surface area is 158 Å². The molecule has 0 aromatic carbocycles. The van der Waals surface area contributed by atoms with Crippen molar-refractivity contribution in [3.63, 3.8) is 0 Å². The van der Waals surface area contributed by atoms with Gasteiger partial charge in [-0.3, -0.25) is 14.6 Å². The second-order valence-corrected chi connectivity index (χ2v) is 7.41. The first-order chi connectivity index (χ1) is 12.8. The van der Waals surface area contributed by atoms with Crippen molar-refractivity contribution in [2.24, 2.45) is 0 Å². The van der Waals surface area contributed by atoms with Gasteiger partial charge < -0.3 is 19.5 Å². The fourth-order valence-electron chi connectivity index (χ4n) is 3.89. The number of hydrogen-bond donors (Lipinski definition) is 1. The molecule has 2 fully saturated rings. The summed E-state index contributed by atoms with van der Waals surface area (Å²) in [6.45, 7) is 1.27. The predicted octanol–water partition coefficient (Wildman–Crippen LogP) is 0.950. The van der Waals surface area contributed by atoms with E-state index in [1.165, 1.54) is 16.8 Å². The molecular formula is C18H27N5O4. The Kier molecular flexibility index (Phi) is 5.14. The first kappa shape index (κ1) is 19.2. The highest BCUT2D eigenvalue weighted by Crippen LogP contribution is 2.35. The van der Waals surface area contributed by atoms with Crippen LogP contribution in [0.5, 0.6) is 0 Å². The largest absolute Gasteiger partial charge is 0.468 e. The van der Waals surface area contributed by atoms with Gasteiger partial charge in [0.1, 0.15) is 11.3 Å². The van der Waals surface area contributed by atoms with E-state index in [0.29, 0.717) is 32.5 Å². The van der Waals surface area contributed by atoms with E-state index in [1.54, 1.807) is 18.2 Å². The number of hydrogen-bond acceptors (Lipinski definition) is 5. The lowest BCUT2D eigenvalue weighted by Gasteiger charge is -2.40. The van der Waals surface area contributed by atoms with Gasteiger partial charge in [-0.2, -0.15) is 0 Å². The van der Waals surface area contributed by atoms with Gasteiger partial charge in [0.05, 0.1) is 12.3 Å². The van der Waals surface area contributed by atoms with E-state index in [9.17, 15) is 14.4 Å². The minimum atomic E-state index is -0.817. The molecule has 2 saturated heterocycles. The third-order valence-corrected chi connectivity index (χ3v) is 5.74. The van der Waals surface area contributed by atoms with E-state index in [0.717, 1.165) is 5.76 Å². The predicted molar refractivity (Wildman–Crippen MR) is 98.0 cm³/mol. The Morgan fingerprint density at radius 3 is 2.44 bits per heavy atom. The van der Waals surface area contributed by atoms with Crippen LogP contribution in [0.25, 0.3) is 0 Å². The van der Waals surface area contributed by atoms with E-state index in [4.69, 9.17) is 4.42 Å². The molecule has 0 aliphatic carbocycles. The summed E-state index contributed by atoms with van der Waals surface area (Å²) in [4.78, 5) is 43.6. The fraction of sp³-hybridized carbons (Fsp3) is 0.611. The lowest BCUT2D eigenvalue weighted by atomic mass is 9.86. The zero-order chi connectivity index (χ0) is 19.8. The molecule has 1 atom stereocenters. The van der Waals surface area contributed by atoms with Crippen LogP contribution in [0, 0.1) is 0 Å². The van der Waals surface area contributed by atoms with Gasteiger partial charge in [0, 0.05) is 33.7 Å². The number of nitrogens with one attached hydrogen (secondary N) is 1. The highest BCUT2D eigenvalue weighted by Gasteiger charge is 2.55. The number of likely N-dealkylation sites (N-methyl/N-ethyl adjacent to an activating group) is 3. The monoisotopic (exact) mass is 377 g/mol. The lowest BCUT2D eigenvalue weighted by Crippen LogP contribution is -2.57. The maximum atomic E-state index is 12.6. The van der Waals surface area contributed by atoms with Crippen LogP contribution in [0.15, 0.2) is 22.8 Å². The molecule has 2 aliphatic heterocycles. The Bertz CT molecular complexity index is 709. The molecule has 5 amide bonds. The number of furan rings is 1. The number of piperidine rings is 1. The van der Waals surface area contributed by atoms with Crippen LogP contribution in [-0.4, -0.2) is 90.9 Å². The number of nitrogens with zero attached hydrogens (tertiary/aromatic N) is 4. The number of rotatable bonds is 4. The second-order valence-electron chi connectivity index (χ2n) is 7.41. The van der Waals surface area contributed by atoms with Gasteiger partial charge in [-0.25, -0.2) is 9.59 Å². The molecule has 0 bridgehead atoms. The summed E-state index contributed by atoms with van der Waals surface area (Å²) >= 11 is 0. The summed E-state index contributed by atoms with van der Waals surface area (Å²) in [6, 6.07) is 3.19. The standard InChI is InChI=1S/C18H27N5O4/c1-20(2)13(14-6-5-11-27-14)12-19-16(25)23-9-7-18(8-10-23)15(24)21(3)17(26)22(18)4/h5-6,11,13H,7-10,12H2,1-4H3,(H,19,25). The van der Waals surface area contributed by atoms with Crippen LogP contribution in [0.4, 0.5) is 9.59 Å². The number of amides is 5. The molecule has 9 heteroatoms. The van der Waals surface area contributed by atoms with Crippen LogP contribution in [-0.2, 0) is 4.79 Å². The lowest BCUT2D eigenvalue weighted by molar-refractivity contribution is -0.134. The topological polar surface area (TPSA) is 89.3 Å². The molecule has 0 radical (unpaired) electrons. The Balaban J connectivity index is 1.57. The van der Waals surface area contributed by atoms with Crippen molar-refractivity contribution in [1.82, 2.24) is 24.9 Å². The summed E-state index contributed by atoms with van der Waals surface area (Å²) < 4.78 is 5.46. The molecule has 3 heterocycles. The molecule has 9 nitrogen and oxygen atoms in total. The van der Waals surface area contributed by atoms with Crippen molar-refractivity contribution < 1.29 is 18.8 Å². The highest BCUT2D eigenvalue weighted by atomic mass is 16.3. The normalized spacial score (nSPS) is 20.7. The van der Waals surface area contributed by atoms with Crippen molar-refractivity contribution in [3.8, 4) is 0 Å². The van der Waals surface area contributed by atoms with Crippen molar-refractivity contribution in [1.29, 1.82) is 0 Å². The summed E-state index contributed by atoms with van der Waals surface area (Å²) in [6.07, 6.45) is 2.51. The van der Waals surface area contributed by atoms with Crippen molar-refractivity contribution in [2.75, 3.05) is 47.8 Å². The minimum absolute atomic E-state index is 0.0612. The van der Waals surface area contributed by atoms with E-state index < -0.39 is 5.54 Å². The molecule has 27 heavy (non-hydrogen) atoms. The molecular weight excluding hydrogens is 350 g/mol. The number of carbonyl (C=O) groups excluding carboxylic acids is 3. The van der Waals surface area contributed by atoms with Crippen molar-refractivity contribution in [3.05, 3.63) is 24.2 Å². The summed E-state index contributed by atoms with van der Waals surface area (Å²) in [5.74, 6) is 0.609. The van der Waals surface area contributed by atoms with E-state index in [-0.39, 0.29) is 24.0 Å². The molecule has 1 unspecified atom stereocenters. The van der Waals surface area contributed by atoms with Gasteiger partial charge >= 0.3 is 12.1 Å². The Morgan fingerprint density at radius 2 is 1.96 bits per heavy atom. The van der Waals surface area contributed by atoms with Crippen LogP contribution in [0.3, 0.4) is 0 Å². The van der Waals surface area contributed by atoms with Gasteiger partial charge in [-0.05, 0) is 39.1 Å². The van der Waals surface area contributed by atoms with E-state index >= 15 is 0 Å². The molecule has 1 spiro atoms. The first-order valence-corrected chi connectivity index (χ1v) is 9.06. The third-order valence-electron chi connectivity index (χ3n) is 5.74. The van der Waals surface area contributed by atoms with Crippen LogP contribution < -0.4 is 5.32 Å². The Hall–Kier alpha value is -2.55. The number of likely N-dealkylation sites (tertiary alicyclic amines) is 1. The first-order valence-electron chi connectivity index (χ1n) is 9.06. The van der Waals surface area contributed by atoms with Gasteiger partial charge in [0.2, 0.25) is 0 Å². The summed E-state index contributed by atoms with van der Waals surface area (Å²) in [7, 11) is 7.02. The van der Waals surface area contributed by atoms with E-state index in [1.807, 2.05) is 31.1 Å².